The molecule has 5 atom stereocenters. The number of Topliss-reactive ketones (excluding diaryl/α,β-unsaturated/α-hetero) is 1. The molecule has 2 aromatic rings. The molecule has 3 aliphatic rings. The zero-order valence-corrected chi connectivity index (χ0v) is 23.7. The van der Waals surface area contributed by atoms with E-state index < -0.39 is 48.2 Å². The van der Waals surface area contributed by atoms with Crippen molar-refractivity contribution in [3.63, 3.8) is 0 Å². The highest BCUT2D eigenvalue weighted by molar-refractivity contribution is 6.02. The number of nitrogens with zero attached hydrogens (tertiary/aromatic N) is 1. The van der Waals surface area contributed by atoms with Crippen LogP contribution in [0.4, 0.5) is 0 Å². The summed E-state index contributed by atoms with van der Waals surface area (Å²) < 4.78 is 10.6. The number of carbonyl (C=O) groups excluding carboxylic acids is 5. The highest BCUT2D eigenvalue weighted by Gasteiger charge is 2.50. The number of ketones is 1. The van der Waals surface area contributed by atoms with E-state index in [0.29, 0.717) is 31.0 Å². The van der Waals surface area contributed by atoms with Crippen molar-refractivity contribution in [3.8, 4) is 5.75 Å². The van der Waals surface area contributed by atoms with Crippen LogP contribution in [-0.2, 0) is 23.9 Å². The van der Waals surface area contributed by atoms with Gasteiger partial charge in [0.25, 0.3) is 5.91 Å². The summed E-state index contributed by atoms with van der Waals surface area (Å²) in [7, 11) is 1.57. The van der Waals surface area contributed by atoms with E-state index in [1.54, 1.807) is 31.9 Å². The predicted octanol–water partition coefficient (Wildman–Crippen LogP) is 2.20. The van der Waals surface area contributed by atoms with Crippen LogP contribution >= 0.6 is 0 Å². The molecular formula is C30H38N4O7. The molecule has 0 unspecified atom stereocenters. The predicted molar refractivity (Wildman–Crippen MR) is 149 cm³/mol. The van der Waals surface area contributed by atoms with Gasteiger partial charge < -0.3 is 30.0 Å². The molecule has 0 spiro atoms. The molecule has 5 rings (SSSR count). The zero-order chi connectivity index (χ0) is 29.3. The number of rotatable bonds is 10. The Bertz CT molecular complexity index is 1350. The third kappa shape index (κ3) is 5.80. The minimum atomic E-state index is -1.02. The smallest absolute Gasteiger partial charge is 0.308 e. The Morgan fingerprint density at radius 3 is 2.66 bits per heavy atom. The zero-order valence-electron chi connectivity index (χ0n) is 23.7. The van der Waals surface area contributed by atoms with Gasteiger partial charge in [-0.3, -0.25) is 24.0 Å². The van der Waals surface area contributed by atoms with Crippen molar-refractivity contribution in [2.45, 2.75) is 58.0 Å². The van der Waals surface area contributed by atoms with Gasteiger partial charge in [0, 0.05) is 29.9 Å². The van der Waals surface area contributed by atoms with Crippen LogP contribution in [0.2, 0.25) is 0 Å². The van der Waals surface area contributed by atoms with E-state index in [9.17, 15) is 24.0 Å². The second-order valence-corrected chi connectivity index (χ2v) is 11.7. The summed E-state index contributed by atoms with van der Waals surface area (Å²) in [6, 6.07) is 5.48. The fourth-order valence-electron chi connectivity index (χ4n) is 6.52. The van der Waals surface area contributed by atoms with Gasteiger partial charge in [-0.25, -0.2) is 0 Å². The van der Waals surface area contributed by atoms with Gasteiger partial charge >= 0.3 is 5.97 Å². The van der Waals surface area contributed by atoms with Crippen molar-refractivity contribution in [3.05, 3.63) is 30.0 Å². The molecule has 1 saturated carbocycles. The van der Waals surface area contributed by atoms with Crippen molar-refractivity contribution in [1.82, 2.24) is 20.5 Å². The number of aromatic nitrogens is 1. The van der Waals surface area contributed by atoms with Gasteiger partial charge in [0.2, 0.25) is 11.8 Å². The lowest BCUT2D eigenvalue weighted by Crippen LogP contribution is -2.54. The summed E-state index contributed by atoms with van der Waals surface area (Å²) >= 11 is 0. The van der Waals surface area contributed by atoms with Crippen LogP contribution < -0.4 is 15.4 Å². The first kappa shape index (κ1) is 28.6. The Morgan fingerprint density at radius 1 is 1.15 bits per heavy atom. The van der Waals surface area contributed by atoms with E-state index >= 15 is 0 Å². The van der Waals surface area contributed by atoms with Crippen LogP contribution in [0, 0.1) is 23.7 Å². The van der Waals surface area contributed by atoms with Crippen molar-refractivity contribution in [2.24, 2.45) is 23.7 Å². The number of fused-ring (bicyclic) bond motifs is 2. The van der Waals surface area contributed by atoms with Gasteiger partial charge in [0.1, 0.15) is 17.5 Å². The summed E-state index contributed by atoms with van der Waals surface area (Å²) in [5.74, 6) is -1.91. The van der Waals surface area contributed by atoms with Crippen LogP contribution in [0.1, 0.15) is 56.4 Å². The first-order valence-electron chi connectivity index (χ1n) is 14.4. The minimum absolute atomic E-state index is 0.0258. The number of hydrogen-bond donors (Lipinski definition) is 3. The van der Waals surface area contributed by atoms with E-state index in [0.717, 1.165) is 30.2 Å². The minimum Gasteiger partial charge on any atom is -0.496 e. The quantitative estimate of drug-likeness (QED) is 0.374. The molecule has 11 heteroatoms. The first-order chi connectivity index (χ1) is 19.7. The molecular weight excluding hydrogens is 528 g/mol. The van der Waals surface area contributed by atoms with E-state index in [1.807, 2.05) is 18.2 Å². The monoisotopic (exact) mass is 566 g/mol. The molecule has 0 radical (unpaired) electrons. The van der Waals surface area contributed by atoms with E-state index in [4.69, 9.17) is 9.47 Å². The summed E-state index contributed by atoms with van der Waals surface area (Å²) in [4.78, 5) is 70.1. The third-order valence-corrected chi connectivity index (χ3v) is 8.71. The number of likely N-dealkylation sites (tertiary alicyclic amines) is 1. The molecule has 11 nitrogen and oxygen atoms in total. The van der Waals surface area contributed by atoms with Crippen LogP contribution in [0.15, 0.2) is 24.3 Å². The Labute approximate surface area is 238 Å². The summed E-state index contributed by atoms with van der Waals surface area (Å²) in [6.45, 7) is 3.80. The van der Waals surface area contributed by atoms with Crippen LogP contribution in [0.5, 0.6) is 5.75 Å². The maximum atomic E-state index is 13.9. The highest BCUT2D eigenvalue weighted by Crippen LogP contribution is 2.43. The molecule has 3 fully saturated rings. The summed E-state index contributed by atoms with van der Waals surface area (Å²) in [6.07, 6.45) is 3.36. The largest absolute Gasteiger partial charge is 0.496 e. The number of methoxy groups -OCH3 is 1. The maximum absolute atomic E-state index is 13.9. The average Bonchev–Trinajstić information content (AvgIpc) is 3.74. The second kappa shape index (κ2) is 11.9. The molecule has 1 aromatic heterocycles. The lowest BCUT2D eigenvalue weighted by atomic mass is 9.92. The molecule has 2 saturated heterocycles. The number of H-pyrrole nitrogens is 1. The number of nitrogens with one attached hydrogen (secondary N) is 3. The third-order valence-electron chi connectivity index (χ3n) is 8.71. The number of carbonyl (C=O) groups is 5. The number of benzene rings is 1. The van der Waals surface area contributed by atoms with Crippen molar-refractivity contribution < 1.29 is 33.4 Å². The number of aromatic amines is 1. The second-order valence-electron chi connectivity index (χ2n) is 11.7. The van der Waals surface area contributed by atoms with Gasteiger partial charge in [-0.2, -0.15) is 0 Å². The van der Waals surface area contributed by atoms with Crippen molar-refractivity contribution >= 4 is 40.4 Å². The fourth-order valence-corrected chi connectivity index (χ4v) is 6.52. The Morgan fingerprint density at radius 2 is 1.95 bits per heavy atom. The lowest BCUT2D eigenvalue weighted by molar-refractivity contribution is -0.151. The van der Waals surface area contributed by atoms with Gasteiger partial charge in [0.15, 0.2) is 12.4 Å². The standard InChI is InChI=1S/C30H38N4O7/c1-16(2)30(39)41-15-24(35)22(12-17-10-11-31-27(17)36)33-28(37)26-19-7-4-6-18(19)14-34(26)29(38)23-13-20-21(32-23)8-5-9-25(20)40-3/h5,8-9,13,16-19,22,26,32H,4,6-7,10-12,14-15H2,1-3H3,(H,31,36)(H,33,37)/t17-,18-,19-,22-,26-/m0/s1. The highest BCUT2D eigenvalue weighted by atomic mass is 16.5. The molecule has 0 bridgehead atoms. The summed E-state index contributed by atoms with van der Waals surface area (Å²) in [5, 5.41) is 6.41. The molecule has 220 valence electrons. The number of ether oxygens (including phenoxy) is 2. The molecule has 1 aromatic carbocycles. The normalized spacial score (nSPS) is 24.3. The first-order valence-corrected chi connectivity index (χ1v) is 14.4. The Kier molecular flexibility index (Phi) is 8.32. The van der Waals surface area contributed by atoms with Crippen LogP contribution in [0.3, 0.4) is 0 Å². The van der Waals surface area contributed by atoms with E-state index in [-0.39, 0.29) is 30.1 Å². The Hall–Kier alpha value is -3.89. The molecule has 3 N–H and O–H groups in total. The number of esters is 1. The van der Waals surface area contributed by atoms with E-state index in [1.165, 1.54) is 0 Å². The molecule has 41 heavy (non-hydrogen) atoms. The average molecular weight is 567 g/mol. The SMILES string of the molecule is COc1cccc2[nH]c(C(=O)N3C[C@@H]4CCC[C@@H]4[C@H]3C(=O)N[C@@H](C[C@@H]3CCNC3=O)C(=O)COC(=O)C(C)C)cc12. The van der Waals surface area contributed by atoms with Crippen molar-refractivity contribution in [2.75, 3.05) is 26.8 Å². The topological polar surface area (TPSA) is 147 Å². The van der Waals surface area contributed by atoms with Gasteiger partial charge in [-0.15, -0.1) is 0 Å². The summed E-state index contributed by atoms with van der Waals surface area (Å²) in [5.41, 5.74) is 1.11. The maximum Gasteiger partial charge on any atom is 0.308 e. The van der Waals surface area contributed by atoms with Crippen LogP contribution in [-0.4, -0.2) is 78.2 Å². The molecule has 3 amide bonds. The Balaban J connectivity index is 1.37. The number of amides is 3. The van der Waals surface area contributed by atoms with Crippen LogP contribution in [0.25, 0.3) is 10.9 Å². The number of hydrogen-bond acceptors (Lipinski definition) is 7. The molecule has 1 aliphatic carbocycles. The van der Waals surface area contributed by atoms with Gasteiger partial charge in [0.05, 0.1) is 19.1 Å². The molecule has 2 aliphatic heterocycles. The van der Waals surface area contributed by atoms with Gasteiger partial charge in [-0.1, -0.05) is 26.3 Å². The van der Waals surface area contributed by atoms with E-state index in [2.05, 4.69) is 15.6 Å². The fraction of sp³-hybridized carbons (Fsp3) is 0.567. The molecule has 3 heterocycles. The van der Waals surface area contributed by atoms with Gasteiger partial charge in [-0.05, 0) is 55.7 Å². The van der Waals surface area contributed by atoms with Crippen molar-refractivity contribution in [1.29, 1.82) is 0 Å². The lowest BCUT2D eigenvalue weighted by Gasteiger charge is -2.29.